The Labute approximate surface area is 156 Å². The van der Waals surface area contributed by atoms with E-state index >= 15 is 0 Å². The van der Waals surface area contributed by atoms with Gasteiger partial charge in [0.1, 0.15) is 5.78 Å². The summed E-state index contributed by atoms with van der Waals surface area (Å²) >= 11 is 5.89. The van der Waals surface area contributed by atoms with E-state index in [0.717, 1.165) is 5.56 Å². The number of nitrogens with one attached hydrogen (secondary N) is 1. The van der Waals surface area contributed by atoms with Crippen molar-refractivity contribution >= 4 is 40.4 Å². The summed E-state index contributed by atoms with van der Waals surface area (Å²) in [6.07, 6.45) is 1.90. The number of hydrogen-bond acceptors (Lipinski definition) is 6. The van der Waals surface area contributed by atoms with E-state index in [1.807, 2.05) is 6.92 Å². The minimum atomic E-state index is -0.582. The van der Waals surface area contributed by atoms with E-state index in [2.05, 4.69) is 15.6 Å². The van der Waals surface area contributed by atoms with Crippen molar-refractivity contribution in [2.24, 2.45) is 16.2 Å². The minimum absolute atomic E-state index is 0.117. The SMILES string of the molecule is Cc1cc(Cl)ccc1NC(=O)CCCC(=O)[C@@H]1C/C(=N\O)CC/C1=N\O. The number of Topliss-reactive ketones (excluding diaryl/α,β-unsaturated/α-hetero) is 1. The van der Waals surface area contributed by atoms with Gasteiger partial charge in [-0.05, 0) is 49.9 Å². The first-order valence-corrected chi connectivity index (χ1v) is 8.81. The largest absolute Gasteiger partial charge is 0.411 e. The molecule has 1 saturated carbocycles. The predicted molar refractivity (Wildman–Crippen MR) is 99.5 cm³/mol. The third kappa shape index (κ3) is 5.29. The summed E-state index contributed by atoms with van der Waals surface area (Å²) in [5.41, 5.74) is 2.48. The van der Waals surface area contributed by atoms with Gasteiger partial charge in [0.2, 0.25) is 5.91 Å². The maximum Gasteiger partial charge on any atom is 0.224 e. The Morgan fingerprint density at radius 1 is 1.23 bits per heavy atom. The standard InChI is InChI=1S/C18H22ClN3O4/c1-11-9-12(19)5-7-15(11)20-18(24)4-2-3-17(23)14-10-13(21-25)6-8-16(14)22-26/h5,7,9,14,25-26H,2-4,6,8,10H2,1H3,(H,20,24)/b21-13-,22-16+/t14-/m1/s1. The van der Waals surface area contributed by atoms with E-state index in [1.54, 1.807) is 18.2 Å². The molecule has 7 nitrogen and oxygen atoms in total. The van der Waals surface area contributed by atoms with Crippen molar-refractivity contribution in [1.82, 2.24) is 0 Å². The van der Waals surface area contributed by atoms with E-state index < -0.39 is 5.92 Å². The van der Waals surface area contributed by atoms with Crippen molar-refractivity contribution < 1.29 is 20.0 Å². The molecule has 1 amide bonds. The molecule has 0 radical (unpaired) electrons. The van der Waals surface area contributed by atoms with Crippen LogP contribution in [0.5, 0.6) is 0 Å². The van der Waals surface area contributed by atoms with Crippen LogP contribution in [0.3, 0.4) is 0 Å². The van der Waals surface area contributed by atoms with Crippen molar-refractivity contribution in [1.29, 1.82) is 0 Å². The highest BCUT2D eigenvalue weighted by Gasteiger charge is 2.30. The van der Waals surface area contributed by atoms with E-state index in [4.69, 9.17) is 22.0 Å². The molecule has 1 fully saturated rings. The second-order valence-corrected chi connectivity index (χ2v) is 6.78. The Morgan fingerprint density at radius 2 is 2.00 bits per heavy atom. The zero-order valence-corrected chi connectivity index (χ0v) is 15.3. The molecule has 8 heteroatoms. The van der Waals surface area contributed by atoms with Gasteiger partial charge in [-0.25, -0.2) is 0 Å². The fourth-order valence-corrected chi connectivity index (χ4v) is 3.22. The van der Waals surface area contributed by atoms with Gasteiger partial charge in [0.05, 0.1) is 17.3 Å². The van der Waals surface area contributed by atoms with Crippen LogP contribution < -0.4 is 5.32 Å². The van der Waals surface area contributed by atoms with Crippen LogP contribution in [0.4, 0.5) is 5.69 Å². The van der Waals surface area contributed by atoms with E-state index in [9.17, 15) is 9.59 Å². The lowest BCUT2D eigenvalue weighted by molar-refractivity contribution is -0.121. The quantitative estimate of drug-likeness (QED) is 0.515. The highest BCUT2D eigenvalue weighted by molar-refractivity contribution is 6.30. The van der Waals surface area contributed by atoms with E-state index in [0.29, 0.717) is 41.4 Å². The third-order valence-corrected chi connectivity index (χ3v) is 4.69. The molecule has 0 spiro atoms. The Bertz CT molecular complexity index is 746. The number of halogens is 1. The van der Waals surface area contributed by atoms with Gasteiger partial charge in [-0.15, -0.1) is 0 Å². The molecule has 1 aromatic carbocycles. The summed E-state index contributed by atoms with van der Waals surface area (Å²) in [7, 11) is 0. The first-order valence-electron chi connectivity index (χ1n) is 8.44. The fourth-order valence-electron chi connectivity index (χ4n) is 2.99. The van der Waals surface area contributed by atoms with Crippen molar-refractivity contribution in [3.63, 3.8) is 0 Å². The second kappa shape index (κ2) is 9.33. The van der Waals surface area contributed by atoms with Gasteiger partial charge in [-0.3, -0.25) is 9.59 Å². The number of carbonyl (C=O) groups excluding carboxylic acids is 2. The van der Waals surface area contributed by atoms with Gasteiger partial charge in [0.25, 0.3) is 0 Å². The highest BCUT2D eigenvalue weighted by atomic mass is 35.5. The smallest absolute Gasteiger partial charge is 0.224 e. The number of benzene rings is 1. The van der Waals surface area contributed by atoms with Crippen molar-refractivity contribution in [3.8, 4) is 0 Å². The number of rotatable bonds is 6. The maximum absolute atomic E-state index is 12.4. The molecule has 0 saturated heterocycles. The molecule has 1 aliphatic carbocycles. The number of amides is 1. The highest BCUT2D eigenvalue weighted by Crippen LogP contribution is 2.23. The Morgan fingerprint density at radius 3 is 2.65 bits per heavy atom. The van der Waals surface area contributed by atoms with Crippen LogP contribution in [-0.2, 0) is 9.59 Å². The molecule has 1 atom stereocenters. The summed E-state index contributed by atoms with van der Waals surface area (Å²) in [4.78, 5) is 24.4. The number of aryl methyl sites for hydroxylation is 1. The molecular weight excluding hydrogens is 358 g/mol. The van der Waals surface area contributed by atoms with Gasteiger partial charge in [-0.1, -0.05) is 21.9 Å². The molecule has 0 aromatic heterocycles. The minimum Gasteiger partial charge on any atom is -0.411 e. The monoisotopic (exact) mass is 379 g/mol. The van der Waals surface area contributed by atoms with Gasteiger partial charge in [0, 0.05) is 30.0 Å². The lowest BCUT2D eigenvalue weighted by Crippen LogP contribution is -2.31. The molecule has 1 aromatic rings. The van der Waals surface area contributed by atoms with Gasteiger partial charge in [-0.2, -0.15) is 0 Å². The number of oxime groups is 2. The first kappa shape index (κ1) is 19.9. The van der Waals surface area contributed by atoms with Crippen molar-refractivity contribution in [2.75, 3.05) is 5.32 Å². The molecule has 1 aliphatic rings. The zero-order chi connectivity index (χ0) is 19.1. The average molecular weight is 380 g/mol. The molecule has 3 N–H and O–H groups in total. The van der Waals surface area contributed by atoms with E-state index in [1.165, 1.54) is 0 Å². The lowest BCUT2D eigenvalue weighted by Gasteiger charge is -2.22. The number of nitrogens with zero attached hydrogens (tertiary/aromatic N) is 2. The van der Waals surface area contributed by atoms with Crippen LogP contribution in [0.15, 0.2) is 28.5 Å². The number of anilines is 1. The summed E-state index contributed by atoms with van der Waals surface area (Å²) in [6, 6.07) is 5.20. The van der Waals surface area contributed by atoms with Crippen LogP contribution in [0.1, 0.15) is 44.1 Å². The fraction of sp³-hybridized carbons (Fsp3) is 0.444. The molecule has 2 rings (SSSR count). The number of carbonyl (C=O) groups is 2. The van der Waals surface area contributed by atoms with Gasteiger partial charge >= 0.3 is 0 Å². The topological polar surface area (TPSA) is 111 Å². The maximum atomic E-state index is 12.4. The molecule has 26 heavy (non-hydrogen) atoms. The first-order chi connectivity index (χ1) is 12.4. The number of hydrogen-bond donors (Lipinski definition) is 3. The van der Waals surface area contributed by atoms with Crippen LogP contribution in [0.2, 0.25) is 5.02 Å². The second-order valence-electron chi connectivity index (χ2n) is 6.34. The van der Waals surface area contributed by atoms with Crippen LogP contribution in [0.25, 0.3) is 0 Å². The normalized spacial score (nSPS) is 20.3. The number of ketones is 1. The molecule has 0 heterocycles. The van der Waals surface area contributed by atoms with Gasteiger partial charge in [0.15, 0.2) is 0 Å². The van der Waals surface area contributed by atoms with Crippen LogP contribution >= 0.6 is 11.6 Å². The zero-order valence-electron chi connectivity index (χ0n) is 14.5. The Balaban J connectivity index is 1.84. The third-order valence-electron chi connectivity index (χ3n) is 4.46. The molecule has 0 aliphatic heterocycles. The Hall–Kier alpha value is -2.41. The molecule has 0 unspecified atom stereocenters. The average Bonchev–Trinajstić information content (AvgIpc) is 2.63. The predicted octanol–water partition coefficient (Wildman–Crippen LogP) is 3.79. The Kier molecular flexibility index (Phi) is 7.15. The summed E-state index contributed by atoms with van der Waals surface area (Å²) in [5, 5.41) is 27.7. The van der Waals surface area contributed by atoms with Crippen LogP contribution in [0, 0.1) is 12.8 Å². The van der Waals surface area contributed by atoms with Crippen molar-refractivity contribution in [2.45, 2.75) is 45.4 Å². The summed E-state index contributed by atoms with van der Waals surface area (Å²) in [5.74, 6) is -0.879. The molecular formula is C18H22ClN3O4. The van der Waals surface area contributed by atoms with Gasteiger partial charge < -0.3 is 15.7 Å². The summed E-state index contributed by atoms with van der Waals surface area (Å²) < 4.78 is 0. The lowest BCUT2D eigenvalue weighted by atomic mass is 9.82. The van der Waals surface area contributed by atoms with E-state index in [-0.39, 0.29) is 31.0 Å². The van der Waals surface area contributed by atoms with Crippen LogP contribution in [-0.4, -0.2) is 33.5 Å². The summed E-state index contributed by atoms with van der Waals surface area (Å²) in [6.45, 7) is 1.85. The molecule has 140 valence electrons. The molecule has 0 bridgehead atoms. The van der Waals surface area contributed by atoms with Crippen molar-refractivity contribution in [3.05, 3.63) is 28.8 Å².